The van der Waals surface area contributed by atoms with Crippen molar-refractivity contribution in [3.63, 3.8) is 0 Å². The number of likely N-dealkylation sites (tertiary alicyclic amines) is 1. The summed E-state index contributed by atoms with van der Waals surface area (Å²) in [5.41, 5.74) is -0.391. The van der Waals surface area contributed by atoms with E-state index in [4.69, 9.17) is 0 Å². The van der Waals surface area contributed by atoms with Crippen LogP contribution in [-0.2, 0) is 4.79 Å². The van der Waals surface area contributed by atoms with Crippen LogP contribution in [0.3, 0.4) is 0 Å². The molecule has 3 atom stereocenters. The molecule has 6 heteroatoms. The number of halogens is 2. The Balaban J connectivity index is 1.97. The first-order valence-electron chi connectivity index (χ1n) is 7.49. The van der Waals surface area contributed by atoms with Crippen molar-refractivity contribution in [3.05, 3.63) is 35.4 Å². The number of carboxylic acids is 1. The summed E-state index contributed by atoms with van der Waals surface area (Å²) in [6, 6.07) is 1.53. The minimum Gasteiger partial charge on any atom is -0.480 e. The molecule has 1 saturated carbocycles. The minimum absolute atomic E-state index is 0.135. The predicted octanol–water partition coefficient (Wildman–Crippen LogP) is 2.82. The van der Waals surface area contributed by atoms with E-state index in [0.717, 1.165) is 43.9 Å². The van der Waals surface area contributed by atoms with E-state index in [0.29, 0.717) is 6.42 Å². The summed E-state index contributed by atoms with van der Waals surface area (Å²) in [6.45, 7) is 0. The maximum atomic E-state index is 13.9. The number of hydrogen-bond donors (Lipinski definition) is 1. The first kappa shape index (κ1) is 14.9. The van der Waals surface area contributed by atoms with Gasteiger partial charge in [-0.1, -0.05) is 12.8 Å². The highest BCUT2D eigenvalue weighted by atomic mass is 19.1. The molecule has 1 aromatic carbocycles. The number of hydrogen-bond acceptors (Lipinski definition) is 2. The molecule has 1 aliphatic heterocycles. The van der Waals surface area contributed by atoms with Gasteiger partial charge in [-0.3, -0.25) is 4.79 Å². The fourth-order valence-corrected chi connectivity index (χ4v) is 3.77. The van der Waals surface area contributed by atoms with Crippen LogP contribution in [0.25, 0.3) is 0 Å². The summed E-state index contributed by atoms with van der Waals surface area (Å²) in [4.78, 5) is 25.4. The fourth-order valence-electron chi connectivity index (χ4n) is 3.77. The molecular weight excluding hydrogens is 292 g/mol. The average Bonchev–Trinajstić information content (AvgIpc) is 2.88. The molecular formula is C16H17F2NO3. The molecule has 0 radical (unpaired) electrons. The lowest BCUT2D eigenvalue weighted by molar-refractivity contribution is -0.141. The van der Waals surface area contributed by atoms with Crippen LogP contribution in [0, 0.1) is 17.6 Å². The van der Waals surface area contributed by atoms with Crippen molar-refractivity contribution in [2.24, 2.45) is 5.92 Å². The van der Waals surface area contributed by atoms with Crippen LogP contribution in [0.2, 0.25) is 0 Å². The zero-order chi connectivity index (χ0) is 15.9. The van der Waals surface area contributed by atoms with Crippen LogP contribution in [0.1, 0.15) is 42.5 Å². The zero-order valence-corrected chi connectivity index (χ0v) is 12.0. The maximum absolute atomic E-state index is 13.9. The van der Waals surface area contributed by atoms with Crippen LogP contribution in [0.5, 0.6) is 0 Å². The largest absolute Gasteiger partial charge is 0.480 e. The van der Waals surface area contributed by atoms with E-state index in [1.807, 2.05) is 0 Å². The molecule has 4 nitrogen and oxygen atoms in total. The summed E-state index contributed by atoms with van der Waals surface area (Å²) in [7, 11) is 0. The van der Waals surface area contributed by atoms with Gasteiger partial charge >= 0.3 is 5.97 Å². The van der Waals surface area contributed by atoms with Crippen molar-refractivity contribution in [1.82, 2.24) is 4.90 Å². The molecule has 0 unspecified atom stereocenters. The van der Waals surface area contributed by atoms with Crippen molar-refractivity contribution >= 4 is 11.9 Å². The third-order valence-electron chi connectivity index (χ3n) is 4.77. The van der Waals surface area contributed by atoms with Crippen LogP contribution >= 0.6 is 0 Å². The highest BCUT2D eigenvalue weighted by Crippen LogP contribution is 2.40. The third kappa shape index (κ3) is 2.46. The topological polar surface area (TPSA) is 57.6 Å². The summed E-state index contributed by atoms with van der Waals surface area (Å²) in [5.74, 6) is -3.21. The maximum Gasteiger partial charge on any atom is 0.326 e. The summed E-state index contributed by atoms with van der Waals surface area (Å²) < 4.78 is 27.2. The van der Waals surface area contributed by atoms with Gasteiger partial charge < -0.3 is 10.0 Å². The molecule has 118 valence electrons. The van der Waals surface area contributed by atoms with Gasteiger partial charge in [0.1, 0.15) is 17.7 Å². The molecule has 1 aromatic rings. The minimum atomic E-state index is -1.08. The Bertz CT molecular complexity index is 619. The van der Waals surface area contributed by atoms with Crippen molar-refractivity contribution in [2.75, 3.05) is 0 Å². The second-order valence-corrected chi connectivity index (χ2v) is 6.04. The van der Waals surface area contributed by atoms with Crippen molar-refractivity contribution in [1.29, 1.82) is 0 Å². The van der Waals surface area contributed by atoms with Gasteiger partial charge in [0.15, 0.2) is 0 Å². The van der Waals surface area contributed by atoms with Gasteiger partial charge in [0.2, 0.25) is 0 Å². The van der Waals surface area contributed by atoms with Gasteiger partial charge in [0.25, 0.3) is 5.91 Å². The normalized spacial score (nSPS) is 27.5. The van der Waals surface area contributed by atoms with Gasteiger partial charge in [-0.15, -0.1) is 0 Å². The monoisotopic (exact) mass is 309 g/mol. The van der Waals surface area contributed by atoms with E-state index in [2.05, 4.69) is 0 Å². The highest BCUT2D eigenvalue weighted by molar-refractivity contribution is 5.97. The van der Waals surface area contributed by atoms with E-state index < -0.39 is 35.1 Å². The number of rotatable bonds is 2. The second-order valence-electron chi connectivity index (χ2n) is 6.04. The number of benzene rings is 1. The van der Waals surface area contributed by atoms with Crippen molar-refractivity contribution < 1.29 is 23.5 Å². The Hall–Kier alpha value is -1.98. The Morgan fingerprint density at radius 3 is 2.64 bits per heavy atom. The second kappa shape index (κ2) is 5.66. The number of aliphatic carboxylic acids is 1. The Labute approximate surface area is 126 Å². The Morgan fingerprint density at radius 1 is 1.18 bits per heavy atom. The number of carboxylic acid groups (broad SMARTS) is 1. The molecule has 22 heavy (non-hydrogen) atoms. The smallest absolute Gasteiger partial charge is 0.326 e. The van der Waals surface area contributed by atoms with Crippen molar-refractivity contribution in [3.8, 4) is 0 Å². The van der Waals surface area contributed by atoms with E-state index in [9.17, 15) is 23.5 Å². The van der Waals surface area contributed by atoms with E-state index in [-0.39, 0.29) is 12.0 Å². The first-order chi connectivity index (χ1) is 10.5. The lowest BCUT2D eigenvalue weighted by Gasteiger charge is -2.33. The predicted molar refractivity (Wildman–Crippen MR) is 74.3 cm³/mol. The van der Waals surface area contributed by atoms with Gasteiger partial charge in [-0.2, -0.15) is 0 Å². The van der Waals surface area contributed by atoms with Crippen molar-refractivity contribution in [2.45, 2.75) is 44.2 Å². The number of amides is 1. The number of carbonyl (C=O) groups is 2. The molecule has 0 aromatic heterocycles. The number of carbonyl (C=O) groups excluding carboxylic acids is 1. The molecule has 3 rings (SSSR count). The Morgan fingerprint density at radius 2 is 1.91 bits per heavy atom. The lowest BCUT2D eigenvalue weighted by atomic mass is 9.84. The SMILES string of the molecule is O=C(O)[C@@H]1C[C@H]2CCCC[C@H]2N1C(=O)c1cc(F)ccc1F. The number of fused-ring (bicyclic) bond motifs is 1. The van der Waals surface area contributed by atoms with E-state index in [1.54, 1.807) is 0 Å². The van der Waals surface area contributed by atoms with Gasteiger partial charge in [-0.05, 0) is 43.4 Å². The standard InChI is InChI=1S/C16H17F2NO3/c17-10-5-6-12(18)11(8-10)15(20)19-13-4-2-1-3-9(13)7-14(19)16(21)22/h5-6,8-9,13-14H,1-4,7H2,(H,21,22)/t9-,13-,14+/m1/s1. The van der Waals surface area contributed by atoms with E-state index >= 15 is 0 Å². The molecule has 2 aliphatic rings. The van der Waals surface area contributed by atoms with Gasteiger partial charge in [0, 0.05) is 6.04 Å². The molecule has 1 saturated heterocycles. The summed E-state index contributed by atoms with van der Waals surface area (Å²) in [6.07, 6.45) is 3.93. The molecule has 0 bridgehead atoms. The fraction of sp³-hybridized carbons (Fsp3) is 0.500. The third-order valence-corrected chi connectivity index (χ3v) is 4.77. The molecule has 1 aliphatic carbocycles. The van der Waals surface area contributed by atoms with Crippen LogP contribution in [0.4, 0.5) is 8.78 Å². The lowest BCUT2D eigenvalue weighted by Crippen LogP contribution is -2.46. The first-order valence-corrected chi connectivity index (χ1v) is 7.49. The molecule has 2 fully saturated rings. The number of nitrogens with zero attached hydrogens (tertiary/aromatic N) is 1. The average molecular weight is 309 g/mol. The summed E-state index contributed by atoms with van der Waals surface area (Å²) >= 11 is 0. The van der Waals surface area contributed by atoms with Gasteiger partial charge in [0.05, 0.1) is 5.56 Å². The molecule has 1 N–H and O–H groups in total. The molecule has 1 amide bonds. The highest BCUT2D eigenvalue weighted by Gasteiger charge is 2.48. The summed E-state index contributed by atoms with van der Waals surface area (Å²) in [5, 5.41) is 9.39. The molecule has 1 heterocycles. The van der Waals surface area contributed by atoms with E-state index in [1.165, 1.54) is 4.90 Å². The zero-order valence-electron chi connectivity index (χ0n) is 12.0. The van der Waals surface area contributed by atoms with Gasteiger partial charge in [-0.25, -0.2) is 13.6 Å². The van der Waals surface area contributed by atoms with Crippen LogP contribution < -0.4 is 0 Å². The quantitative estimate of drug-likeness (QED) is 0.914. The van der Waals surface area contributed by atoms with Crippen LogP contribution in [-0.4, -0.2) is 34.0 Å². The molecule has 0 spiro atoms. The van der Waals surface area contributed by atoms with Crippen LogP contribution in [0.15, 0.2) is 18.2 Å². The Kier molecular flexibility index (Phi) is 3.85.